The Hall–Kier alpha value is -2.24. The van der Waals surface area contributed by atoms with E-state index in [1.807, 2.05) is 12.1 Å². The maximum atomic E-state index is 11.9. The summed E-state index contributed by atoms with van der Waals surface area (Å²) in [7, 11) is 0. The van der Waals surface area contributed by atoms with Crippen LogP contribution >= 0.6 is 0 Å². The number of carbonyl (C=O) groups excluding carboxylic acids is 4. The predicted molar refractivity (Wildman–Crippen MR) is 114 cm³/mol. The van der Waals surface area contributed by atoms with Crippen LogP contribution in [0.3, 0.4) is 0 Å². The molecule has 0 saturated heterocycles. The van der Waals surface area contributed by atoms with E-state index in [2.05, 4.69) is 0 Å². The Morgan fingerprint density at radius 3 is 1.33 bits per heavy atom. The molecule has 0 fully saturated rings. The normalized spacial score (nSPS) is 10.3. The molecule has 0 N–H and O–H groups in total. The van der Waals surface area contributed by atoms with E-state index < -0.39 is 11.9 Å². The molecule has 2 aromatic carbocycles. The van der Waals surface area contributed by atoms with Gasteiger partial charge in [-0.1, -0.05) is 0 Å². The first-order valence-corrected chi connectivity index (χ1v) is 16.0. The van der Waals surface area contributed by atoms with Crippen molar-refractivity contribution < 1.29 is 28.7 Å². The molecule has 0 amide bonds. The van der Waals surface area contributed by atoms with Gasteiger partial charge in [0, 0.05) is 0 Å². The molecular weight excluding hydrogens is 518 g/mol. The number of ether oxygens (including phenoxy) is 2. The van der Waals surface area contributed by atoms with Gasteiger partial charge in [0.15, 0.2) is 0 Å². The molecule has 0 aliphatic rings. The van der Waals surface area contributed by atoms with E-state index in [9.17, 15) is 19.2 Å². The van der Waals surface area contributed by atoms with Crippen LogP contribution in [0.1, 0.15) is 33.6 Å². The summed E-state index contributed by atoms with van der Waals surface area (Å²) in [5.74, 6) is -1.51. The van der Waals surface area contributed by atoms with Crippen LogP contribution < -0.4 is 0 Å². The molecule has 158 valence electrons. The Morgan fingerprint density at radius 2 is 0.967 bits per heavy atom. The first-order valence-electron chi connectivity index (χ1n) is 9.28. The number of carbonyl (C=O) groups is 4. The van der Waals surface area contributed by atoms with Gasteiger partial charge in [0.2, 0.25) is 0 Å². The number of esters is 2. The zero-order valence-corrected chi connectivity index (χ0v) is 19.7. The number of ketones is 2. The molecule has 30 heavy (non-hydrogen) atoms. The zero-order chi connectivity index (χ0) is 21.6. The Bertz CT molecular complexity index is 768. The maximum absolute atomic E-state index is 11.9. The predicted octanol–water partition coefficient (Wildman–Crippen LogP) is 2.78. The Labute approximate surface area is 186 Å². The summed E-state index contributed by atoms with van der Waals surface area (Å²) < 4.78 is 10.2. The van der Waals surface area contributed by atoms with Gasteiger partial charge in [-0.05, 0) is 0 Å². The van der Waals surface area contributed by atoms with Gasteiger partial charge in [0.1, 0.15) is 0 Å². The first kappa shape index (κ1) is 24.0. The molecule has 0 aliphatic heterocycles. The molecule has 0 atom stereocenters. The van der Waals surface area contributed by atoms with Crippen LogP contribution in [0, 0.1) is 0 Å². The van der Waals surface area contributed by atoms with Gasteiger partial charge < -0.3 is 0 Å². The van der Waals surface area contributed by atoms with Crippen molar-refractivity contribution >= 4 is 49.8 Å². The molecule has 0 unspecified atom stereocenters. The second kappa shape index (κ2) is 13.9. The van der Waals surface area contributed by atoms with Crippen molar-refractivity contribution in [3.8, 4) is 0 Å². The SMILES string of the molecule is O=C(CC(=O)c1ccccc1)OCC[Se][Se]CCOC(=O)CC(=O)c1ccccc1. The van der Waals surface area contributed by atoms with Crippen LogP contribution in [0.25, 0.3) is 0 Å². The minimum atomic E-state index is -0.510. The van der Waals surface area contributed by atoms with Crippen molar-refractivity contribution in [2.24, 2.45) is 0 Å². The summed E-state index contributed by atoms with van der Waals surface area (Å²) in [5, 5.41) is 1.53. The quantitative estimate of drug-likeness (QED) is 0.128. The Morgan fingerprint density at radius 1 is 0.600 bits per heavy atom. The monoisotopic (exact) mass is 542 g/mol. The second-order valence-electron chi connectivity index (χ2n) is 6.02. The fourth-order valence-electron chi connectivity index (χ4n) is 2.31. The third-order valence-electron chi connectivity index (χ3n) is 3.74. The van der Waals surface area contributed by atoms with Crippen molar-refractivity contribution in [3.05, 3.63) is 71.8 Å². The average molecular weight is 540 g/mol. The van der Waals surface area contributed by atoms with Gasteiger partial charge in [0.05, 0.1) is 0 Å². The van der Waals surface area contributed by atoms with Gasteiger partial charge in [-0.15, -0.1) is 0 Å². The Balaban J connectivity index is 1.47. The molecule has 0 aromatic heterocycles. The fourth-order valence-corrected chi connectivity index (χ4v) is 7.50. The number of hydrogen-bond donors (Lipinski definition) is 0. The molecule has 0 spiro atoms. The van der Waals surface area contributed by atoms with E-state index in [1.165, 1.54) is 0 Å². The summed E-state index contributed by atoms with van der Waals surface area (Å²) in [6.45, 7) is 0.599. The summed E-state index contributed by atoms with van der Waals surface area (Å²) in [5.41, 5.74) is 1.00. The number of hydrogen-bond acceptors (Lipinski definition) is 6. The van der Waals surface area contributed by atoms with E-state index in [-0.39, 0.29) is 24.4 Å². The molecule has 2 aromatic rings. The molecule has 2 rings (SSSR count). The van der Waals surface area contributed by atoms with E-state index in [1.54, 1.807) is 48.5 Å². The first-order chi connectivity index (χ1) is 14.6. The van der Waals surface area contributed by atoms with Crippen LogP contribution in [-0.4, -0.2) is 63.0 Å². The van der Waals surface area contributed by atoms with Crippen molar-refractivity contribution in [1.82, 2.24) is 0 Å². The van der Waals surface area contributed by atoms with Crippen molar-refractivity contribution in [3.63, 3.8) is 0 Å². The molecule has 0 heterocycles. The molecule has 8 heteroatoms. The van der Waals surface area contributed by atoms with Crippen LogP contribution in [0.15, 0.2) is 60.7 Å². The Kier molecular flexibility index (Phi) is 11.1. The summed E-state index contributed by atoms with van der Waals surface area (Å²) in [4.78, 5) is 47.2. The van der Waals surface area contributed by atoms with Crippen LogP contribution in [0.2, 0.25) is 10.6 Å². The zero-order valence-electron chi connectivity index (χ0n) is 16.3. The third-order valence-corrected chi connectivity index (χ3v) is 10.9. The van der Waals surface area contributed by atoms with Crippen molar-refractivity contribution in [2.45, 2.75) is 23.5 Å². The van der Waals surface area contributed by atoms with Gasteiger partial charge in [0.25, 0.3) is 0 Å². The van der Waals surface area contributed by atoms with E-state index in [4.69, 9.17) is 9.47 Å². The fraction of sp³-hybridized carbons (Fsp3) is 0.273. The van der Waals surface area contributed by atoms with Gasteiger partial charge >= 0.3 is 187 Å². The average Bonchev–Trinajstić information content (AvgIpc) is 2.76. The van der Waals surface area contributed by atoms with Gasteiger partial charge in [-0.3, -0.25) is 0 Å². The summed E-state index contributed by atoms with van der Waals surface area (Å²) >= 11 is 0.617. The molecule has 0 bridgehead atoms. The van der Waals surface area contributed by atoms with Gasteiger partial charge in [-0.2, -0.15) is 0 Å². The molecule has 0 aliphatic carbocycles. The standard InChI is InChI=1S/C22H22O6Se2/c23-19(17-7-3-1-4-8-17)15-21(25)27-11-13-29-30-14-12-28-22(26)16-20(24)18-9-5-2-6-10-18/h1-10H,11-16H2. The van der Waals surface area contributed by atoms with Crippen molar-refractivity contribution in [1.29, 1.82) is 0 Å². The molecular formula is C22H22O6Se2. The summed E-state index contributed by atoms with van der Waals surface area (Å²) in [6.07, 6.45) is -0.500. The molecule has 6 nitrogen and oxygen atoms in total. The van der Waals surface area contributed by atoms with Crippen LogP contribution in [-0.2, 0) is 19.1 Å². The van der Waals surface area contributed by atoms with E-state index in [0.29, 0.717) is 50.6 Å². The van der Waals surface area contributed by atoms with E-state index >= 15 is 0 Å². The van der Waals surface area contributed by atoms with Crippen LogP contribution in [0.5, 0.6) is 0 Å². The van der Waals surface area contributed by atoms with E-state index in [0.717, 1.165) is 10.6 Å². The van der Waals surface area contributed by atoms with Crippen LogP contribution in [0.4, 0.5) is 0 Å². The minimum absolute atomic E-state index is 0.247. The van der Waals surface area contributed by atoms with Gasteiger partial charge in [-0.25, -0.2) is 0 Å². The van der Waals surface area contributed by atoms with Crippen molar-refractivity contribution in [2.75, 3.05) is 13.2 Å². The second-order valence-corrected chi connectivity index (χ2v) is 13.9. The molecule has 0 saturated carbocycles. The number of Topliss-reactive ketones (excluding diaryl/α,β-unsaturated/α-hetero) is 2. The third kappa shape index (κ3) is 9.50. The number of benzene rings is 2. The summed E-state index contributed by atoms with van der Waals surface area (Å²) in [6, 6.07) is 17.3. The molecule has 0 radical (unpaired) electrons. The number of rotatable bonds is 13. The topological polar surface area (TPSA) is 86.7 Å².